The molecule has 1 aliphatic rings. The van der Waals surface area contributed by atoms with Crippen LogP contribution in [0.3, 0.4) is 0 Å². The predicted octanol–water partition coefficient (Wildman–Crippen LogP) is 3.81. The average molecular weight is 240 g/mol. The van der Waals surface area contributed by atoms with Gasteiger partial charge in [-0.1, -0.05) is 0 Å². The minimum Gasteiger partial charge on any atom is -0.421 e. The average Bonchev–Trinajstić information content (AvgIpc) is 2.08. The molecule has 0 aromatic carbocycles. The van der Waals surface area contributed by atoms with E-state index in [0.717, 1.165) is 0 Å². The van der Waals surface area contributed by atoms with Crippen LogP contribution in [0.4, 0.5) is 17.6 Å². The maximum atomic E-state index is 12.9. The molecule has 0 radical (unpaired) electrons. The first-order chi connectivity index (χ1) is 7.08. The number of hydrogen-bond acceptors (Lipinski definition) is 2. The van der Waals surface area contributed by atoms with Gasteiger partial charge in [-0.15, -0.1) is 0 Å². The molecule has 0 amide bonds. The van der Waals surface area contributed by atoms with Crippen molar-refractivity contribution in [2.75, 3.05) is 0 Å². The van der Waals surface area contributed by atoms with Crippen LogP contribution in [0.1, 0.15) is 27.7 Å². The van der Waals surface area contributed by atoms with E-state index in [1.807, 2.05) is 0 Å². The lowest BCUT2D eigenvalue weighted by Crippen LogP contribution is -2.48. The molecule has 1 saturated heterocycles. The highest BCUT2D eigenvalue weighted by atomic mass is 19.3. The fraction of sp³-hybridized carbons (Fsp3) is 0.600. The molecular weight excluding hydrogens is 228 g/mol. The van der Waals surface area contributed by atoms with Gasteiger partial charge >= 0.3 is 12.2 Å². The zero-order valence-electron chi connectivity index (χ0n) is 9.33. The molecule has 1 rings (SSSR count). The van der Waals surface area contributed by atoms with Crippen molar-refractivity contribution < 1.29 is 27.0 Å². The molecule has 0 bridgehead atoms. The second-order valence-electron chi connectivity index (χ2n) is 3.90. The first kappa shape index (κ1) is 12.9. The van der Waals surface area contributed by atoms with Crippen molar-refractivity contribution in [1.29, 1.82) is 0 Å². The minimum absolute atomic E-state index is 0.337. The van der Waals surface area contributed by atoms with E-state index in [1.54, 1.807) is 0 Å². The van der Waals surface area contributed by atoms with Gasteiger partial charge in [0.05, 0.1) is 0 Å². The number of ether oxygens (including phenoxy) is 2. The van der Waals surface area contributed by atoms with E-state index >= 15 is 0 Å². The Morgan fingerprint density at radius 2 is 1.00 bits per heavy atom. The van der Waals surface area contributed by atoms with Gasteiger partial charge in [0.15, 0.2) is 11.5 Å². The molecule has 1 fully saturated rings. The van der Waals surface area contributed by atoms with E-state index in [2.05, 4.69) is 9.47 Å². The molecule has 6 heteroatoms. The molecule has 2 nitrogen and oxygen atoms in total. The normalized spacial score (nSPS) is 22.2. The highest BCUT2D eigenvalue weighted by molar-refractivity contribution is 5.30. The summed E-state index contributed by atoms with van der Waals surface area (Å²) < 4.78 is 59.6. The Morgan fingerprint density at radius 3 is 1.19 bits per heavy atom. The minimum atomic E-state index is -4.65. The van der Waals surface area contributed by atoms with Crippen LogP contribution in [0.25, 0.3) is 0 Å². The van der Waals surface area contributed by atoms with Gasteiger partial charge in [0, 0.05) is 0 Å². The molecular formula is C10H12F4O2. The summed E-state index contributed by atoms with van der Waals surface area (Å²) in [5.74, 6) is -0.674. The third kappa shape index (κ3) is 2.01. The summed E-state index contributed by atoms with van der Waals surface area (Å²) in [4.78, 5) is 0. The zero-order valence-corrected chi connectivity index (χ0v) is 9.33. The Balaban J connectivity index is 3.28. The van der Waals surface area contributed by atoms with Crippen molar-refractivity contribution in [3.63, 3.8) is 0 Å². The molecule has 0 saturated carbocycles. The zero-order chi connectivity index (χ0) is 12.7. The van der Waals surface area contributed by atoms with Crippen molar-refractivity contribution >= 4 is 0 Å². The highest BCUT2D eigenvalue weighted by Gasteiger charge is 2.66. The quantitative estimate of drug-likeness (QED) is 0.599. The summed E-state index contributed by atoms with van der Waals surface area (Å²) >= 11 is 0. The van der Waals surface area contributed by atoms with Gasteiger partial charge in [0.2, 0.25) is 0 Å². The third-order valence-corrected chi connectivity index (χ3v) is 1.91. The van der Waals surface area contributed by atoms with Gasteiger partial charge in [0.1, 0.15) is 0 Å². The summed E-state index contributed by atoms with van der Waals surface area (Å²) in [6.45, 7) is 5.89. The largest absolute Gasteiger partial charge is 0.507 e. The second kappa shape index (κ2) is 3.68. The van der Waals surface area contributed by atoms with Gasteiger partial charge < -0.3 is 9.47 Å². The van der Waals surface area contributed by atoms with Gasteiger partial charge in [-0.3, -0.25) is 0 Å². The van der Waals surface area contributed by atoms with E-state index in [-0.39, 0.29) is 11.5 Å². The Morgan fingerprint density at radius 1 is 0.750 bits per heavy atom. The maximum absolute atomic E-state index is 12.9. The van der Waals surface area contributed by atoms with Gasteiger partial charge in [-0.2, -0.15) is 17.6 Å². The first-order valence-corrected chi connectivity index (χ1v) is 4.57. The number of alkyl halides is 4. The smallest absolute Gasteiger partial charge is 0.421 e. The van der Waals surface area contributed by atoms with Crippen molar-refractivity contribution in [3.05, 3.63) is 22.7 Å². The lowest BCUT2D eigenvalue weighted by Gasteiger charge is -2.34. The lowest BCUT2D eigenvalue weighted by atomic mass is 10.1. The molecule has 0 unspecified atom stereocenters. The summed E-state index contributed by atoms with van der Waals surface area (Å²) in [6, 6.07) is 0. The summed E-state index contributed by atoms with van der Waals surface area (Å²) in [7, 11) is 0. The Labute approximate surface area is 90.5 Å². The molecule has 16 heavy (non-hydrogen) atoms. The first-order valence-electron chi connectivity index (χ1n) is 4.57. The third-order valence-electron chi connectivity index (χ3n) is 1.91. The number of halogens is 4. The lowest BCUT2D eigenvalue weighted by molar-refractivity contribution is -0.430. The Hall–Kier alpha value is -1.20. The number of hydrogen-bond donors (Lipinski definition) is 0. The highest BCUT2D eigenvalue weighted by Crippen LogP contribution is 2.46. The van der Waals surface area contributed by atoms with Crippen LogP contribution in [-0.4, -0.2) is 12.2 Å². The predicted molar refractivity (Wildman–Crippen MR) is 48.8 cm³/mol. The van der Waals surface area contributed by atoms with E-state index < -0.39 is 12.2 Å². The summed E-state index contributed by atoms with van der Waals surface area (Å²) in [6.07, 6.45) is -9.31. The van der Waals surface area contributed by atoms with E-state index in [1.165, 1.54) is 27.7 Å². The van der Waals surface area contributed by atoms with Crippen LogP contribution >= 0.6 is 0 Å². The van der Waals surface area contributed by atoms with E-state index in [0.29, 0.717) is 11.1 Å². The van der Waals surface area contributed by atoms with Crippen LogP contribution in [0.2, 0.25) is 0 Å². The molecule has 0 aromatic heterocycles. The van der Waals surface area contributed by atoms with Crippen LogP contribution in [0.5, 0.6) is 0 Å². The monoisotopic (exact) mass is 240 g/mol. The van der Waals surface area contributed by atoms with E-state index in [9.17, 15) is 17.6 Å². The van der Waals surface area contributed by atoms with Gasteiger partial charge in [-0.05, 0) is 38.8 Å². The standard InChI is InChI=1S/C10H12F4O2/c1-5(2)7-8(6(3)4)16-10(13,14)9(11,12)15-7/h1-4H3. The van der Waals surface area contributed by atoms with Crippen molar-refractivity contribution in [1.82, 2.24) is 0 Å². The van der Waals surface area contributed by atoms with Crippen LogP contribution in [0, 0.1) is 0 Å². The topological polar surface area (TPSA) is 18.5 Å². The molecule has 0 N–H and O–H groups in total. The van der Waals surface area contributed by atoms with Crippen LogP contribution < -0.4 is 0 Å². The molecule has 1 aliphatic heterocycles. The van der Waals surface area contributed by atoms with Crippen molar-refractivity contribution in [3.8, 4) is 0 Å². The van der Waals surface area contributed by atoms with Crippen molar-refractivity contribution in [2.45, 2.75) is 39.9 Å². The maximum Gasteiger partial charge on any atom is 0.507 e. The molecule has 0 aromatic rings. The fourth-order valence-electron chi connectivity index (χ4n) is 1.13. The van der Waals surface area contributed by atoms with Crippen molar-refractivity contribution in [2.24, 2.45) is 0 Å². The molecule has 92 valence electrons. The second-order valence-corrected chi connectivity index (χ2v) is 3.90. The van der Waals surface area contributed by atoms with Gasteiger partial charge in [0.25, 0.3) is 0 Å². The molecule has 0 spiro atoms. The molecule has 1 heterocycles. The number of allylic oxidation sites excluding steroid dienone is 2. The summed E-state index contributed by atoms with van der Waals surface area (Å²) in [5.41, 5.74) is 0.678. The molecule has 0 atom stereocenters. The Kier molecular flexibility index (Phi) is 2.96. The van der Waals surface area contributed by atoms with Gasteiger partial charge in [-0.25, -0.2) is 0 Å². The summed E-state index contributed by atoms with van der Waals surface area (Å²) in [5, 5.41) is 0. The van der Waals surface area contributed by atoms with Crippen LogP contribution in [-0.2, 0) is 9.47 Å². The van der Waals surface area contributed by atoms with Crippen LogP contribution in [0.15, 0.2) is 22.7 Å². The fourth-order valence-corrected chi connectivity index (χ4v) is 1.13. The van der Waals surface area contributed by atoms with E-state index in [4.69, 9.17) is 0 Å². The molecule has 0 aliphatic carbocycles. The SMILES string of the molecule is CC(C)=C1OC(F)(F)C(F)(F)OC1=C(C)C. The number of rotatable bonds is 0. The Bertz CT molecular complexity index is 325.